The summed E-state index contributed by atoms with van der Waals surface area (Å²) in [6.07, 6.45) is 0. The molecule has 1 amide bonds. The van der Waals surface area contributed by atoms with Crippen LogP contribution in [-0.4, -0.2) is 13.0 Å². The standard InChI is InChI=1S/C8H7BrFNO/c1-11-8(12)5-3-2-4-6(9)7(5)10/h2-4H,1H3,(H,11,12). The van der Waals surface area contributed by atoms with Crippen LogP contribution in [0.2, 0.25) is 0 Å². The van der Waals surface area contributed by atoms with Gasteiger partial charge in [0, 0.05) is 7.05 Å². The highest BCUT2D eigenvalue weighted by Crippen LogP contribution is 2.18. The fraction of sp³-hybridized carbons (Fsp3) is 0.125. The smallest absolute Gasteiger partial charge is 0.254 e. The Bertz CT molecular complexity index is 314. The fourth-order valence-electron chi connectivity index (χ4n) is 0.814. The molecule has 0 aromatic heterocycles. The van der Waals surface area contributed by atoms with E-state index in [0.29, 0.717) is 4.47 Å². The first-order valence-electron chi connectivity index (χ1n) is 3.33. The summed E-state index contributed by atoms with van der Waals surface area (Å²) < 4.78 is 13.4. The SMILES string of the molecule is CNC(=O)c1cccc(Br)c1F. The minimum absolute atomic E-state index is 0.0480. The first kappa shape index (κ1) is 9.19. The molecule has 1 N–H and O–H groups in total. The molecule has 1 aromatic carbocycles. The van der Waals surface area contributed by atoms with Crippen molar-refractivity contribution in [2.45, 2.75) is 0 Å². The molecule has 0 aliphatic rings. The van der Waals surface area contributed by atoms with E-state index in [4.69, 9.17) is 0 Å². The summed E-state index contributed by atoms with van der Waals surface area (Å²) in [5.74, 6) is -0.953. The van der Waals surface area contributed by atoms with Crippen LogP contribution in [0.1, 0.15) is 10.4 Å². The maximum Gasteiger partial charge on any atom is 0.254 e. The zero-order chi connectivity index (χ0) is 9.14. The predicted octanol–water partition coefficient (Wildman–Crippen LogP) is 1.95. The van der Waals surface area contributed by atoms with E-state index in [2.05, 4.69) is 21.2 Å². The third-order valence-electron chi connectivity index (χ3n) is 1.42. The summed E-state index contributed by atoms with van der Waals surface area (Å²) >= 11 is 2.99. The fourth-order valence-corrected chi connectivity index (χ4v) is 1.18. The molecular formula is C8H7BrFNO. The van der Waals surface area contributed by atoms with Crippen LogP contribution in [0.4, 0.5) is 4.39 Å². The number of hydrogen-bond acceptors (Lipinski definition) is 1. The van der Waals surface area contributed by atoms with Gasteiger partial charge in [-0.15, -0.1) is 0 Å². The number of benzene rings is 1. The van der Waals surface area contributed by atoms with Gasteiger partial charge in [-0.2, -0.15) is 0 Å². The molecule has 0 saturated carbocycles. The number of hydrogen-bond donors (Lipinski definition) is 1. The molecular weight excluding hydrogens is 225 g/mol. The Balaban J connectivity index is 3.16. The average Bonchev–Trinajstić information content (AvgIpc) is 2.08. The molecule has 1 rings (SSSR count). The van der Waals surface area contributed by atoms with Gasteiger partial charge in [-0.1, -0.05) is 6.07 Å². The van der Waals surface area contributed by atoms with E-state index < -0.39 is 11.7 Å². The molecule has 0 heterocycles. The third kappa shape index (κ3) is 1.64. The Morgan fingerprint density at radius 2 is 2.25 bits per heavy atom. The van der Waals surface area contributed by atoms with Crippen LogP contribution in [0, 0.1) is 5.82 Å². The van der Waals surface area contributed by atoms with Gasteiger partial charge in [-0.05, 0) is 28.1 Å². The van der Waals surface area contributed by atoms with Crippen LogP contribution in [0.3, 0.4) is 0 Å². The summed E-state index contributed by atoms with van der Waals surface area (Å²) in [4.78, 5) is 11.0. The van der Waals surface area contributed by atoms with Crippen molar-refractivity contribution in [2.75, 3.05) is 7.05 Å². The molecule has 12 heavy (non-hydrogen) atoms. The highest BCUT2D eigenvalue weighted by Gasteiger charge is 2.11. The summed E-state index contributed by atoms with van der Waals surface area (Å²) in [6.45, 7) is 0. The molecule has 0 aliphatic carbocycles. The van der Waals surface area contributed by atoms with E-state index in [1.54, 1.807) is 12.1 Å². The van der Waals surface area contributed by atoms with Crippen LogP contribution in [0.15, 0.2) is 22.7 Å². The highest BCUT2D eigenvalue weighted by atomic mass is 79.9. The Kier molecular flexibility index (Phi) is 2.81. The number of carbonyl (C=O) groups is 1. The Morgan fingerprint density at radius 3 is 2.83 bits per heavy atom. The normalized spacial score (nSPS) is 9.58. The quantitative estimate of drug-likeness (QED) is 0.787. The summed E-state index contributed by atoms with van der Waals surface area (Å²) in [5.41, 5.74) is 0.0480. The molecule has 0 atom stereocenters. The van der Waals surface area contributed by atoms with E-state index >= 15 is 0 Å². The van der Waals surface area contributed by atoms with Crippen molar-refractivity contribution in [3.8, 4) is 0 Å². The molecule has 0 radical (unpaired) electrons. The van der Waals surface area contributed by atoms with E-state index in [1.807, 2.05) is 0 Å². The van der Waals surface area contributed by atoms with Crippen LogP contribution in [-0.2, 0) is 0 Å². The van der Waals surface area contributed by atoms with Gasteiger partial charge in [0.2, 0.25) is 0 Å². The van der Waals surface area contributed by atoms with Crippen molar-refractivity contribution < 1.29 is 9.18 Å². The van der Waals surface area contributed by atoms with E-state index in [0.717, 1.165) is 0 Å². The summed E-state index contributed by atoms with van der Waals surface area (Å²) in [5, 5.41) is 2.35. The molecule has 0 spiro atoms. The molecule has 1 aromatic rings. The van der Waals surface area contributed by atoms with Crippen LogP contribution >= 0.6 is 15.9 Å². The van der Waals surface area contributed by atoms with E-state index in [1.165, 1.54) is 13.1 Å². The van der Waals surface area contributed by atoms with Crippen LogP contribution in [0.25, 0.3) is 0 Å². The van der Waals surface area contributed by atoms with Gasteiger partial charge >= 0.3 is 0 Å². The maximum absolute atomic E-state index is 13.1. The lowest BCUT2D eigenvalue weighted by Gasteiger charge is -2.01. The van der Waals surface area contributed by atoms with Crippen molar-refractivity contribution in [1.29, 1.82) is 0 Å². The van der Waals surface area contributed by atoms with Crippen molar-refractivity contribution in [3.63, 3.8) is 0 Å². The average molecular weight is 232 g/mol. The van der Waals surface area contributed by atoms with Gasteiger partial charge in [-0.3, -0.25) is 4.79 Å². The molecule has 0 fully saturated rings. The second kappa shape index (κ2) is 3.67. The topological polar surface area (TPSA) is 29.1 Å². The molecule has 64 valence electrons. The zero-order valence-electron chi connectivity index (χ0n) is 6.40. The molecule has 4 heteroatoms. The lowest BCUT2D eigenvalue weighted by atomic mass is 10.2. The Hall–Kier alpha value is -0.900. The Morgan fingerprint density at radius 1 is 1.58 bits per heavy atom. The van der Waals surface area contributed by atoms with Gasteiger partial charge in [0.15, 0.2) is 0 Å². The maximum atomic E-state index is 13.1. The van der Waals surface area contributed by atoms with Crippen LogP contribution < -0.4 is 5.32 Å². The number of rotatable bonds is 1. The van der Waals surface area contributed by atoms with Crippen LogP contribution in [0.5, 0.6) is 0 Å². The summed E-state index contributed by atoms with van der Waals surface area (Å²) in [6, 6.07) is 4.58. The Labute approximate surface area is 77.9 Å². The second-order valence-corrected chi connectivity index (χ2v) is 3.03. The van der Waals surface area contributed by atoms with Gasteiger partial charge < -0.3 is 5.32 Å². The zero-order valence-corrected chi connectivity index (χ0v) is 7.98. The predicted molar refractivity (Wildman–Crippen MR) is 47.5 cm³/mol. The van der Waals surface area contributed by atoms with Crippen molar-refractivity contribution in [3.05, 3.63) is 34.1 Å². The number of halogens is 2. The van der Waals surface area contributed by atoms with Crippen molar-refractivity contribution >= 4 is 21.8 Å². The molecule has 0 aliphatic heterocycles. The van der Waals surface area contributed by atoms with Gasteiger partial charge in [0.25, 0.3) is 5.91 Å². The molecule has 2 nitrogen and oxygen atoms in total. The van der Waals surface area contributed by atoms with Gasteiger partial charge in [0.05, 0.1) is 10.0 Å². The van der Waals surface area contributed by atoms with E-state index in [-0.39, 0.29) is 5.56 Å². The molecule has 0 saturated heterocycles. The van der Waals surface area contributed by atoms with Gasteiger partial charge in [-0.25, -0.2) is 4.39 Å². The first-order chi connectivity index (χ1) is 5.66. The minimum Gasteiger partial charge on any atom is -0.355 e. The van der Waals surface area contributed by atoms with Crippen molar-refractivity contribution in [2.24, 2.45) is 0 Å². The first-order valence-corrected chi connectivity index (χ1v) is 4.12. The minimum atomic E-state index is -0.531. The van der Waals surface area contributed by atoms with Gasteiger partial charge in [0.1, 0.15) is 5.82 Å². The number of nitrogens with one attached hydrogen (secondary N) is 1. The second-order valence-electron chi connectivity index (χ2n) is 2.18. The monoisotopic (exact) mass is 231 g/mol. The van der Waals surface area contributed by atoms with E-state index in [9.17, 15) is 9.18 Å². The largest absolute Gasteiger partial charge is 0.355 e. The number of carbonyl (C=O) groups excluding carboxylic acids is 1. The number of amides is 1. The highest BCUT2D eigenvalue weighted by molar-refractivity contribution is 9.10. The molecule has 0 bridgehead atoms. The lowest BCUT2D eigenvalue weighted by Crippen LogP contribution is -2.19. The molecule has 0 unspecified atom stereocenters. The van der Waals surface area contributed by atoms with Crippen molar-refractivity contribution in [1.82, 2.24) is 5.32 Å². The third-order valence-corrected chi connectivity index (χ3v) is 2.04. The lowest BCUT2D eigenvalue weighted by molar-refractivity contribution is 0.0959. The summed E-state index contributed by atoms with van der Waals surface area (Å²) in [7, 11) is 1.46.